The standard InChI is InChI=1S/C27H35ClFN3O4.C2H6/c1-4-35-26(33)17-36-21-11-13-25(32(16-18(2)3)20-8-6-5-7-9-20)24(15-21)31-27(34)30-23-12-10-19(28)14-22(23)29;1-2/h10-15,18,20H,4-9,16-17H2,1-3H3,(H2,30,31,34);1-2H3. The van der Waals surface area contributed by atoms with Crippen LogP contribution in [-0.4, -0.2) is 37.8 Å². The highest BCUT2D eigenvalue weighted by Crippen LogP contribution is 2.36. The van der Waals surface area contributed by atoms with E-state index >= 15 is 0 Å². The Balaban J connectivity index is 0.00000247. The van der Waals surface area contributed by atoms with Crippen molar-refractivity contribution in [1.29, 1.82) is 0 Å². The maximum atomic E-state index is 14.2. The number of carbonyl (C=O) groups is 2. The van der Waals surface area contributed by atoms with E-state index in [4.69, 9.17) is 21.1 Å². The van der Waals surface area contributed by atoms with E-state index in [2.05, 4.69) is 29.4 Å². The molecule has 0 heterocycles. The second kappa shape index (κ2) is 16.1. The van der Waals surface area contributed by atoms with Crippen LogP contribution in [0.25, 0.3) is 0 Å². The lowest BCUT2D eigenvalue weighted by atomic mass is 9.93. The molecule has 38 heavy (non-hydrogen) atoms. The van der Waals surface area contributed by atoms with Gasteiger partial charge in [-0.2, -0.15) is 0 Å². The summed E-state index contributed by atoms with van der Waals surface area (Å²) in [6.07, 6.45) is 5.72. The van der Waals surface area contributed by atoms with Gasteiger partial charge >= 0.3 is 12.0 Å². The first-order valence-corrected chi connectivity index (χ1v) is 13.9. The SMILES string of the molecule is CC.CCOC(=O)COc1ccc(N(CC(C)C)C2CCCCC2)c(NC(=O)Nc2ccc(Cl)cc2F)c1. The summed E-state index contributed by atoms with van der Waals surface area (Å²) in [5.41, 5.74) is 1.37. The fraction of sp³-hybridized carbons (Fsp3) is 0.517. The molecule has 0 unspecified atom stereocenters. The van der Waals surface area contributed by atoms with Crippen LogP contribution in [0.1, 0.15) is 66.7 Å². The van der Waals surface area contributed by atoms with Crippen molar-refractivity contribution in [3.8, 4) is 5.75 Å². The lowest BCUT2D eigenvalue weighted by molar-refractivity contribution is -0.145. The van der Waals surface area contributed by atoms with Crippen molar-refractivity contribution in [2.75, 3.05) is 35.3 Å². The van der Waals surface area contributed by atoms with E-state index in [0.717, 1.165) is 31.1 Å². The molecular weight excluding hydrogens is 509 g/mol. The number of carbonyl (C=O) groups excluding carboxylic acids is 2. The first-order valence-electron chi connectivity index (χ1n) is 13.5. The first kappa shape index (κ1) is 31.2. The summed E-state index contributed by atoms with van der Waals surface area (Å²) < 4.78 is 24.8. The molecule has 1 aliphatic rings. The number of amides is 2. The van der Waals surface area contributed by atoms with Crippen LogP contribution < -0.4 is 20.3 Å². The van der Waals surface area contributed by atoms with Gasteiger partial charge < -0.3 is 25.0 Å². The summed E-state index contributed by atoms with van der Waals surface area (Å²) in [6.45, 7) is 10.9. The molecule has 2 amide bonds. The Bertz CT molecular complexity index is 1040. The van der Waals surface area contributed by atoms with Gasteiger partial charge in [0.25, 0.3) is 0 Å². The molecule has 7 nitrogen and oxygen atoms in total. The zero-order chi connectivity index (χ0) is 28.1. The third-order valence-electron chi connectivity index (χ3n) is 5.94. The zero-order valence-electron chi connectivity index (χ0n) is 23.1. The summed E-state index contributed by atoms with van der Waals surface area (Å²) in [5, 5.41) is 5.64. The van der Waals surface area contributed by atoms with Crippen LogP contribution in [0.5, 0.6) is 5.75 Å². The summed E-state index contributed by atoms with van der Waals surface area (Å²) in [7, 11) is 0. The third kappa shape index (κ3) is 9.71. The molecule has 0 bridgehead atoms. The number of halogens is 2. The molecule has 0 aliphatic heterocycles. The van der Waals surface area contributed by atoms with Crippen LogP contribution >= 0.6 is 11.6 Å². The molecule has 2 N–H and O–H groups in total. The molecule has 2 aromatic carbocycles. The minimum atomic E-state index is -0.631. The highest BCUT2D eigenvalue weighted by Gasteiger charge is 2.25. The van der Waals surface area contributed by atoms with Crippen molar-refractivity contribution >= 4 is 40.7 Å². The van der Waals surface area contributed by atoms with E-state index in [0.29, 0.717) is 23.4 Å². The molecule has 0 radical (unpaired) electrons. The molecule has 3 rings (SSSR count). The van der Waals surface area contributed by atoms with Crippen LogP contribution in [-0.2, 0) is 9.53 Å². The van der Waals surface area contributed by atoms with Crippen LogP contribution in [0.2, 0.25) is 5.02 Å². The van der Waals surface area contributed by atoms with Crippen molar-refractivity contribution in [3.05, 3.63) is 47.2 Å². The molecular formula is C29H41ClFN3O4. The number of hydrogen-bond acceptors (Lipinski definition) is 5. The number of urea groups is 1. The smallest absolute Gasteiger partial charge is 0.344 e. The average molecular weight is 550 g/mol. The minimum Gasteiger partial charge on any atom is -0.482 e. The molecule has 9 heteroatoms. The summed E-state index contributed by atoms with van der Waals surface area (Å²) >= 11 is 5.82. The van der Waals surface area contributed by atoms with Crippen molar-refractivity contribution in [1.82, 2.24) is 0 Å². The molecule has 1 saturated carbocycles. The van der Waals surface area contributed by atoms with Gasteiger partial charge in [-0.3, -0.25) is 0 Å². The van der Waals surface area contributed by atoms with Gasteiger partial charge in [-0.15, -0.1) is 0 Å². The van der Waals surface area contributed by atoms with Crippen LogP contribution in [0.3, 0.4) is 0 Å². The quantitative estimate of drug-likeness (QED) is 0.294. The van der Waals surface area contributed by atoms with Crippen LogP contribution in [0.15, 0.2) is 36.4 Å². The summed E-state index contributed by atoms with van der Waals surface area (Å²) in [4.78, 5) is 27.0. The Kier molecular flexibility index (Phi) is 13.2. The number of hydrogen-bond donors (Lipinski definition) is 2. The maximum absolute atomic E-state index is 14.2. The normalized spacial score (nSPS) is 13.3. The predicted molar refractivity (Wildman–Crippen MR) is 153 cm³/mol. The molecule has 1 fully saturated rings. The fourth-order valence-corrected chi connectivity index (χ4v) is 4.56. The fourth-order valence-electron chi connectivity index (χ4n) is 4.40. The lowest BCUT2D eigenvalue weighted by Gasteiger charge is -2.38. The predicted octanol–water partition coefficient (Wildman–Crippen LogP) is 7.89. The molecule has 1 aliphatic carbocycles. The molecule has 0 aromatic heterocycles. The zero-order valence-corrected chi connectivity index (χ0v) is 23.9. The molecule has 0 spiro atoms. The highest BCUT2D eigenvalue weighted by molar-refractivity contribution is 6.30. The minimum absolute atomic E-state index is 0.0134. The average Bonchev–Trinajstić information content (AvgIpc) is 2.90. The largest absolute Gasteiger partial charge is 0.482 e. The summed E-state index contributed by atoms with van der Waals surface area (Å²) in [5.74, 6) is -0.298. The van der Waals surface area contributed by atoms with Gasteiger partial charge in [0, 0.05) is 23.7 Å². The van der Waals surface area contributed by atoms with E-state index in [1.807, 2.05) is 19.9 Å². The Morgan fingerprint density at radius 3 is 2.37 bits per heavy atom. The molecule has 2 aromatic rings. The second-order valence-corrected chi connectivity index (χ2v) is 9.75. The molecule has 0 saturated heterocycles. The van der Waals surface area contributed by atoms with Gasteiger partial charge in [0.15, 0.2) is 6.61 Å². The monoisotopic (exact) mass is 549 g/mol. The van der Waals surface area contributed by atoms with E-state index in [1.165, 1.54) is 31.4 Å². The number of benzene rings is 2. The van der Waals surface area contributed by atoms with Crippen molar-refractivity contribution in [2.45, 2.75) is 72.8 Å². The van der Waals surface area contributed by atoms with Gasteiger partial charge in [-0.1, -0.05) is 58.6 Å². The van der Waals surface area contributed by atoms with Gasteiger partial charge in [0.05, 0.1) is 23.7 Å². The second-order valence-electron chi connectivity index (χ2n) is 9.31. The van der Waals surface area contributed by atoms with E-state index < -0.39 is 17.8 Å². The van der Waals surface area contributed by atoms with E-state index in [1.54, 1.807) is 19.1 Å². The van der Waals surface area contributed by atoms with Gasteiger partial charge in [0.1, 0.15) is 11.6 Å². The third-order valence-corrected chi connectivity index (χ3v) is 6.18. The number of esters is 1. The Hall–Kier alpha value is -3.00. The number of ether oxygens (including phenoxy) is 2. The number of anilines is 3. The number of rotatable bonds is 10. The number of nitrogens with zero attached hydrogens (tertiary/aromatic N) is 1. The number of nitrogens with one attached hydrogen (secondary N) is 2. The van der Waals surface area contributed by atoms with E-state index in [9.17, 15) is 14.0 Å². The summed E-state index contributed by atoms with van der Waals surface area (Å²) in [6, 6.07) is 9.16. The van der Waals surface area contributed by atoms with Crippen molar-refractivity contribution < 1.29 is 23.5 Å². The van der Waals surface area contributed by atoms with Gasteiger partial charge in [0.2, 0.25) is 0 Å². The topological polar surface area (TPSA) is 79.9 Å². The van der Waals surface area contributed by atoms with Crippen LogP contribution in [0, 0.1) is 11.7 Å². The Morgan fingerprint density at radius 2 is 1.74 bits per heavy atom. The molecule has 210 valence electrons. The Morgan fingerprint density at radius 1 is 1.05 bits per heavy atom. The van der Waals surface area contributed by atoms with Crippen molar-refractivity contribution in [3.63, 3.8) is 0 Å². The highest BCUT2D eigenvalue weighted by atomic mass is 35.5. The lowest BCUT2D eigenvalue weighted by Crippen LogP contribution is -2.40. The van der Waals surface area contributed by atoms with Crippen molar-refractivity contribution in [2.24, 2.45) is 5.92 Å². The maximum Gasteiger partial charge on any atom is 0.344 e. The molecule has 0 atom stereocenters. The van der Waals surface area contributed by atoms with E-state index in [-0.39, 0.29) is 23.9 Å². The Labute approximate surface area is 231 Å². The van der Waals surface area contributed by atoms with Gasteiger partial charge in [-0.05, 0) is 56.0 Å². The first-order chi connectivity index (χ1) is 18.3. The van der Waals surface area contributed by atoms with Gasteiger partial charge in [-0.25, -0.2) is 14.0 Å². The van der Waals surface area contributed by atoms with Crippen LogP contribution in [0.4, 0.5) is 26.2 Å².